The molecule has 1 aromatic carbocycles. The lowest BCUT2D eigenvalue weighted by Gasteiger charge is -2.21. The molecule has 2 amide bonds. The number of hydrogen-bond donors (Lipinski definition) is 2. The molecule has 0 radical (unpaired) electrons. The SMILES string of the molecule is CCC(CC)OCN1C(=O)/C(=C\c2[nH]c(C)c(C(=O)NCCN(CC)CC)c2C)c2cc(F)ccc21. The summed E-state index contributed by atoms with van der Waals surface area (Å²) in [6.45, 7) is 15.3. The lowest BCUT2D eigenvalue weighted by atomic mass is 10.0. The molecule has 1 aliphatic heterocycles. The number of halogens is 1. The Labute approximate surface area is 213 Å². The summed E-state index contributed by atoms with van der Waals surface area (Å²) in [5.74, 6) is -0.816. The van der Waals surface area contributed by atoms with Crippen LogP contribution in [0.4, 0.5) is 10.1 Å². The first-order chi connectivity index (χ1) is 17.2. The Hall–Kier alpha value is -2.97. The van der Waals surface area contributed by atoms with Gasteiger partial charge in [-0.2, -0.15) is 0 Å². The van der Waals surface area contributed by atoms with Crippen molar-refractivity contribution in [1.29, 1.82) is 0 Å². The highest BCUT2D eigenvalue weighted by molar-refractivity contribution is 6.35. The minimum absolute atomic E-state index is 0.0471. The van der Waals surface area contributed by atoms with Gasteiger partial charge in [0.05, 0.1) is 22.9 Å². The van der Waals surface area contributed by atoms with E-state index in [9.17, 15) is 14.0 Å². The fraction of sp³-hybridized carbons (Fsp3) is 0.500. The Morgan fingerprint density at radius 2 is 1.89 bits per heavy atom. The fourth-order valence-corrected chi connectivity index (χ4v) is 4.66. The Kier molecular flexibility index (Phi) is 9.45. The Morgan fingerprint density at radius 3 is 2.53 bits per heavy atom. The number of ether oxygens (including phenoxy) is 1. The molecule has 2 heterocycles. The molecule has 0 aliphatic carbocycles. The van der Waals surface area contributed by atoms with E-state index in [1.54, 1.807) is 17.0 Å². The number of carbonyl (C=O) groups is 2. The number of amides is 2. The average molecular weight is 499 g/mol. The minimum Gasteiger partial charge on any atom is -0.358 e. The number of likely N-dealkylation sites (N-methyl/N-ethyl adjacent to an activating group) is 1. The van der Waals surface area contributed by atoms with Crippen molar-refractivity contribution in [3.05, 3.63) is 52.1 Å². The van der Waals surface area contributed by atoms with Gasteiger partial charge in [-0.1, -0.05) is 27.7 Å². The number of aromatic nitrogens is 1. The van der Waals surface area contributed by atoms with E-state index in [4.69, 9.17) is 4.74 Å². The van der Waals surface area contributed by atoms with E-state index in [1.807, 2.05) is 27.7 Å². The Bertz CT molecular complexity index is 1120. The average Bonchev–Trinajstić information content (AvgIpc) is 3.29. The van der Waals surface area contributed by atoms with Gasteiger partial charge >= 0.3 is 0 Å². The highest BCUT2D eigenvalue weighted by atomic mass is 19.1. The van der Waals surface area contributed by atoms with Crippen molar-refractivity contribution in [1.82, 2.24) is 15.2 Å². The maximum absolute atomic E-state index is 14.2. The van der Waals surface area contributed by atoms with Crippen molar-refractivity contribution in [3.8, 4) is 0 Å². The number of H-pyrrole nitrogens is 1. The molecule has 0 spiro atoms. The summed E-state index contributed by atoms with van der Waals surface area (Å²) in [4.78, 5) is 33.4. The highest BCUT2D eigenvalue weighted by Crippen LogP contribution is 2.39. The zero-order valence-corrected chi connectivity index (χ0v) is 22.3. The van der Waals surface area contributed by atoms with Gasteiger partial charge < -0.3 is 19.9 Å². The zero-order valence-electron chi connectivity index (χ0n) is 22.3. The van der Waals surface area contributed by atoms with Crippen LogP contribution in [-0.4, -0.2) is 60.7 Å². The standard InChI is InChI=1S/C28H39FN4O3/c1-7-21(8-2)36-17-33-25-12-11-20(29)15-22(25)23(28(33)35)16-24-18(5)26(19(6)31-24)27(34)30-13-14-32(9-3)10-4/h11-12,15-16,21,31H,7-10,13-14,17H2,1-6H3,(H,30,34)/b23-16-. The van der Waals surface area contributed by atoms with E-state index in [2.05, 4.69) is 29.0 Å². The molecule has 0 saturated carbocycles. The van der Waals surface area contributed by atoms with Gasteiger partial charge in [0.25, 0.3) is 11.8 Å². The molecule has 0 unspecified atom stereocenters. The van der Waals surface area contributed by atoms with Gasteiger partial charge in [-0.05, 0) is 69.6 Å². The van der Waals surface area contributed by atoms with Crippen LogP contribution >= 0.6 is 0 Å². The summed E-state index contributed by atoms with van der Waals surface area (Å²) < 4.78 is 20.1. The Morgan fingerprint density at radius 1 is 1.19 bits per heavy atom. The number of anilines is 1. The molecule has 7 nitrogen and oxygen atoms in total. The maximum Gasteiger partial charge on any atom is 0.260 e. The second-order valence-corrected chi connectivity index (χ2v) is 9.13. The van der Waals surface area contributed by atoms with Crippen LogP contribution in [0.1, 0.15) is 73.4 Å². The van der Waals surface area contributed by atoms with Gasteiger partial charge in [0.1, 0.15) is 12.5 Å². The number of benzene rings is 1. The third-order valence-electron chi connectivity index (χ3n) is 6.97. The lowest BCUT2D eigenvalue weighted by molar-refractivity contribution is -0.114. The molecule has 2 aromatic rings. The largest absolute Gasteiger partial charge is 0.358 e. The van der Waals surface area contributed by atoms with Crippen LogP contribution in [-0.2, 0) is 9.53 Å². The van der Waals surface area contributed by atoms with Gasteiger partial charge in [-0.25, -0.2) is 4.39 Å². The van der Waals surface area contributed by atoms with Crippen LogP contribution in [0.2, 0.25) is 0 Å². The maximum atomic E-state index is 14.2. The Balaban J connectivity index is 1.88. The number of aryl methyl sites for hydroxylation is 1. The monoisotopic (exact) mass is 498 g/mol. The normalized spacial score (nSPS) is 14.4. The van der Waals surface area contributed by atoms with E-state index >= 15 is 0 Å². The predicted octanol–water partition coefficient (Wildman–Crippen LogP) is 4.89. The number of nitrogens with zero attached hydrogens (tertiary/aromatic N) is 2. The zero-order chi connectivity index (χ0) is 26.4. The van der Waals surface area contributed by atoms with Gasteiger partial charge in [-0.15, -0.1) is 0 Å². The van der Waals surface area contributed by atoms with E-state index in [0.29, 0.717) is 34.6 Å². The van der Waals surface area contributed by atoms with Gasteiger partial charge in [0.15, 0.2) is 0 Å². The first-order valence-corrected chi connectivity index (χ1v) is 12.9. The summed E-state index contributed by atoms with van der Waals surface area (Å²) in [5, 5.41) is 3.00. The molecule has 1 aliphatic rings. The number of fused-ring (bicyclic) bond motifs is 1. The third-order valence-corrected chi connectivity index (χ3v) is 6.97. The molecule has 0 bridgehead atoms. The second kappa shape index (κ2) is 12.3. The van der Waals surface area contributed by atoms with Crippen LogP contribution in [0.3, 0.4) is 0 Å². The molecule has 8 heteroatoms. The van der Waals surface area contributed by atoms with Crippen molar-refractivity contribution in [2.75, 3.05) is 37.8 Å². The number of rotatable bonds is 12. The quantitative estimate of drug-likeness (QED) is 0.409. The fourth-order valence-electron chi connectivity index (χ4n) is 4.66. The second-order valence-electron chi connectivity index (χ2n) is 9.13. The molecule has 0 atom stereocenters. The van der Waals surface area contributed by atoms with Crippen molar-refractivity contribution < 1.29 is 18.7 Å². The van der Waals surface area contributed by atoms with Gasteiger partial charge in [0.2, 0.25) is 0 Å². The molecule has 1 aromatic heterocycles. The summed E-state index contributed by atoms with van der Waals surface area (Å²) in [6.07, 6.45) is 3.45. The van der Waals surface area contributed by atoms with Gasteiger partial charge in [0, 0.05) is 30.0 Å². The smallest absolute Gasteiger partial charge is 0.260 e. The van der Waals surface area contributed by atoms with Crippen molar-refractivity contribution in [2.24, 2.45) is 0 Å². The van der Waals surface area contributed by atoms with Crippen molar-refractivity contribution in [2.45, 2.75) is 60.5 Å². The highest BCUT2D eigenvalue weighted by Gasteiger charge is 2.33. The topological polar surface area (TPSA) is 77.7 Å². The minimum atomic E-state index is -0.414. The number of carbonyl (C=O) groups excluding carboxylic acids is 2. The predicted molar refractivity (Wildman–Crippen MR) is 142 cm³/mol. The molecule has 3 rings (SSSR count). The van der Waals surface area contributed by atoms with Crippen LogP contribution in [0.5, 0.6) is 0 Å². The molecular weight excluding hydrogens is 459 g/mol. The molecule has 0 fully saturated rings. The van der Waals surface area contributed by atoms with Crippen molar-refractivity contribution >= 4 is 29.2 Å². The van der Waals surface area contributed by atoms with E-state index < -0.39 is 5.82 Å². The summed E-state index contributed by atoms with van der Waals surface area (Å²) >= 11 is 0. The summed E-state index contributed by atoms with van der Waals surface area (Å²) in [6, 6.07) is 4.34. The van der Waals surface area contributed by atoms with Crippen LogP contribution < -0.4 is 10.2 Å². The molecule has 2 N–H and O–H groups in total. The summed E-state index contributed by atoms with van der Waals surface area (Å²) in [7, 11) is 0. The number of nitrogens with one attached hydrogen (secondary N) is 2. The van der Waals surface area contributed by atoms with Crippen LogP contribution in [0.15, 0.2) is 18.2 Å². The van der Waals surface area contributed by atoms with E-state index in [-0.39, 0.29) is 24.6 Å². The number of aromatic amines is 1. The summed E-state index contributed by atoms with van der Waals surface area (Å²) in [5.41, 5.74) is 4.20. The van der Waals surface area contributed by atoms with Gasteiger partial charge in [-0.3, -0.25) is 14.5 Å². The van der Waals surface area contributed by atoms with Crippen molar-refractivity contribution in [3.63, 3.8) is 0 Å². The first-order valence-electron chi connectivity index (χ1n) is 12.9. The molecular formula is C28H39FN4O3. The molecule has 36 heavy (non-hydrogen) atoms. The van der Waals surface area contributed by atoms with Crippen LogP contribution in [0.25, 0.3) is 11.6 Å². The van der Waals surface area contributed by atoms with E-state index in [0.717, 1.165) is 43.7 Å². The first kappa shape index (κ1) is 27.6. The number of hydrogen-bond acceptors (Lipinski definition) is 4. The van der Waals surface area contributed by atoms with E-state index in [1.165, 1.54) is 12.1 Å². The third kappa shape index (κ3) is 5.87. The lowest BCUT2D eigenvalue weighted by Crippen LogP contribution is -2.35. The molecule has 196 valence electrons. The molecule has 0 saturated heterocycles. The van der Waals surface area contributed by atoms with Crippen LogP contribution in [0, 0.1) is 19.7 Å².